The lowest BCUT2D eigenvalue weighted by molar-refractivity contribution is -0.148. The number of carbonyl (C=O) groups is 16. The highest BCUT2D eigenvalue weighted by molar-refractivity contribution is 6.00. The van der Waals surface area contributed by atoms with E-state index in [0.717, 1.165) is 23.6 Å². The van der Waals surface area contributed by atoms with Gasteiger partial charge in [-0.3, -0.25) is 76.9 Å². The normalized spacial score (nSPS) is 17.4. The number of nitrogens with one attached hydrogen (secondary N) is 10. The van der Waals surface area contributed by atoms with Crippen LogP contribution in [-0.4, -0.2) is 256 Å². The summed E-state index contributed by atoms with van der Waals surface area (Å²) in [6.07, 6.45) is -3.83. The smallest absolute Gasteiger partial charge is 0.326 e. The van der Waals surface area contributed by atoms with Crippen molar-refractivity contribution < 1.29 is 107 Å². The maximum atomic E-state index is 14.4. The summed E-state index contributed by atoms with van der Waals surface area (Å²) in [7, 11) is 0. The fourth-order valence-electron chi connectivity index (χ4n) is 9.72. The number of carbonyl (C=O) groups excluding carboxylic acids is 12. The van der Waals surface area contributed by atoms with Crippen molar-refractivity contribution >= 4 is 101 Å². The number of imidazole rings is 1. The van der Waals surface area contributed by atoms with Crippen LogP contribution >= 0.6 is 0 Å². The molecule has 3 heterocycles. The van der Waals surface area contributed by atoms with Crippen LogP contribution in [0.25, 0.3) is 0 Å². The molecule has 1 aromatic rings. The molecular weight excluding hydrogens is 1250 g/mol. The van der Waals surface area contributed by atoms with Crippen molar-refractivity contribution in [2.45, 2.75) is 183 Å². The zero-order chi connectivity index (χ0) is 70.5. The lowest BCUT2D eigenvalue weighted by Gasteiger charge is -2.31. The molecular formula is C54H84N18O22. The number of aromatic amines is 1. The topological polar surface area (TPSA) is 654 Å². The molecule has 12 atom stereocenters. The summed E-state index contributed by atoms with van der Waals surface area (Å²) in [5, 5.41) is 79.5. The Morgan fingerprint density at radius 3 is 1.66 bits per heavy atom. The SMILES string of the molecule is C[C@H](NC(=O)[C@H](CCCN=C(N)N)NC(=O)[C@@H](N)CCC(=O)O)C(=O)N[C@H](C(=O)N[C@@H](CCC(N)=O)C(=O)N[C@@H](CCC(=O)O)C(=O)N1CCC[C@H]1C(=O)N[C@@H](CO)C(=O)N[C@@H](CCC(=O)O)C(=O)N[C@@H](Cc1cnc[nH]1)C(=O)NCC(=O)N1CCC[C@H]1C(=O)O)[C@@H](C)O. The maximum Gasteiger partial charge on any atom is 0.326 e. The van der Waals surface area contributed by atoms with Gasteiger partial charge in [0.15, 0.2) is 5.96 Å². The van der Waals surface area contributed by atoms with Crippen molar-refractivity contribution in [2.24, 2.45) is 27.9 Å². The number of hydrogen-bond donors (Lipinski definition) is 20. The molecule has 2 fully saturated rings. The summed E-state index contributed by atoms with van der Waals surface area (Å²) in [6, 6.07) is -17.8. The van der Waals surface area contributed by atoms with E-state index in [1.54, 1.807) is 0 Å². The van der Waals surface area contributed by atoms with Gasteiger partial charge in [-0.25, -0.2) is 9.78 Å². The third-order valence-corrected chi connectivity index (χ3v) is 14.8. The van der Waals surface area contributed by atoms with Gasteiger partial charge in [-0.1, -0.05) is 0 Å². The van der Waals surface area contributed by atoms with Crippen LogP contribution in [0.4, 0.5) is 0 Å². The van der Waals surface area contributed by atoms with Gasteiger partial charge in [-0.2, -0.15) is 0 Å². The molecule has 12 amide bonds. The van der Waals surface area contributed by atoms with Gasteiger partial charge in [-0.05, 0) is 78.1 Å². The monoisotopic (exact) mass is 1340 g/mol. The molecule has 2 saturated heterocycles. The number of aliphatic hydroxyl groups excluding tert-OH is 2. The zero-order valence-corrected chi connectivity index (χ0v) is 51.5. The molecule has 2 aliphatic heterocycles. The highest BCUT2D eigenvalue weighted by Crippen LogP contribution is 2.21. The summed E-state index contributed by atoms with van der Waals surface area (Å²) in [4.78, 5) is 221. The van der Waals surface area contributed by atoms with E-state index >= 15 is 0 Å². The fraction of sp³-hybridized carbons (Fsp3) is 0.630. The molecule has 0 unspecified atom stereocenters. The van der Waals surface area contributed by atoms with E-state index in [9.17, 15) is 102 Å². The van der Waals surface area contributed by atoms with Gasteiger partial charge in [0.2, 0.25) is 70.9 Å². The van der Waals surface area contributed by atoms with E-state index in [1.165, 1.54) is 12.5 Å². The number of aliphatic imine (C=N–C) groups is 1. The third kappa shape index (κ3) is 26.2. The summed E-state index contributed by atoms with van der Waals surface area (Å²) in [5.74, 6) is -18.5. The number of primary amides is 1. The molecule has 1 aromatic heterocycles. The standard InChI is InChI=1S/C54H84N18O22/c1-25(63-46(86)29(6-3-17-60-54(57)58)64-44(84)28(55)9-14-39(77)78)43(83)70-42(26(2)74)51(91)66-30(10-13-37(56)75)47(87)67-32(12-16-41(81)82)52(92)72-19-4-7-35(72)50(90)69-34(23-73)49(89)65-31(11-15-40(79)80)48(88)68-33(20-27-21-59-24-62-27)45(85)61-22-38(76)71-18-5-8-36(71)53(93)94/h21,24-26,28-36,42,73-74H,3-20,22-23,55H2,1-2H3,(H2,56,75)(H,59,62)(H,61,85)(H,63,86)(H,64,84)(H,65,89)(H,66,91)(H,67,87)(H,68,88)(H,69,90)(H,70,83)(H,77,78)(H,79,80)(H,81,82)(H,93,94)(H4,57,58,60)/t25-,26+,28-,29-,30-,31-,32-,33-,34-,35-,36-,42-/m0/s1. The Morgan fingerprint density at radius 2 is 1.11 bits per heavy atom. The number of nitrogens with two attached hydrogens (primary N) is 4. The molecule has 94 heavy (non-hydrogen) atoms. The van der Waals surface area contributed by atoms with Crippen molar-refractivity contribution in [1.82, 2.24) is 67.6 Å². The number of carboxylic acid groups (broad SMARTS) is 4. The number of guanidine groups is 1. The molecule has 0 aromatic carbocycles. The number of nitrogens with zero attached hydrogens (tertiary/aromatic N) is 4. The van der Waals surface area contributed by atoms with E-state index in [0.29, 0.717) is 6.42 Å². The van der Waals surface area contributed by atoms with Gasteiger partial charge in [0.1, 0.15) is 60.4 Å². The molecule has 2 aliphatic rings. The molecule has 0 saturated carbocycles. The molecule has 522 valence electrons. The second-order valence-corrected chi connectivity index (χ2v) is 22.1. The summed E-state index contributed by atoms with van der Waals surface area (Å²) >= 11 is 0. The van der Waals surface area contributed by atoms with Crippen LogP contribution in [0, 0.1) is 0 Å². The van der Waals surface area contributed by atoms with Crippen LogP contribution in [0.15, 0.2) is 17.5 Å². The Bertz CT molecular complexity index is 2930. The van der Waals surface area contributed by atoms with Gasteiger partial charge < -0.3 is 116 Å². The Balaban J connectivity index is 1.80. The van der Waals surface area contributed by atoms with Gasteiger partial charge in [0.25, 0.3) is 0 Å². The minimum atomic E-state index is -1.93. The van der Waals surface area contributed by atoms with Crippen LogP contribution < -0.4 is 70.8 Å². The number of hydrogen-bond acceptors (Lipinski definition) is 21. The Kier molecular flexibility index (Phi) is 32.1. The van der Waals surface area contributed by atoms with Crippen LogP contribution in [-0.2, 0) is 83.1 Å². The van der Waals surface area contributed by atoms with E-state index in [1.807, 2.05) is 0 Å². The number of aliphatic hydroxyl groups is 2. The molecule has 24 N–H and O–H groups in total. The lowest BCUT2D eigenvalue weighted by Crippen LogP contribution is -2.61. The number of aliphatic carboxylic acids is 4. The van der Waals surface area contributed by atoms with Crippen molar-refractivity contribution in [2.75, 3.05) is 32.8 Å². The van der Waals surface area contributed by atoms with Crippen LogP contribution in [0.5, 0.6) is 0 Å². The number of rotatable bonds is 41. The number of aromatic nitrogens is 2. The van der Waals surface area contributed by atoms with Crippen molar-refractivity contribution in [3.8, 4) is 0 Å². The van der Waals surface area contributed by atoms with Crippen molar-refractivity contribution in [3.05, 3.63) is 18.2 Å². The van der Waals surface area contributed by atoms with Gasteiger partial charge in [0.05, 0.1) is 31.6 Å². The number of H-pyrrole nitrogens is 1. The van der Waals surface area contributed by atoms with E-state index < -0.39 is 225 Å². The molecule has 0 spiro atoms. The minimum Gasteiger partial charge on any atom is -0.481 e. The molecule has 0 bridgehead atoms. The van der Waals surface area contributed by atoms with Gasteiger partial charge in [0, 0.05) is 63.6 Å². The third-order valence-electron chi connectivity index (χ3n) is 14.8. The Labute approximate surface area is 536 Å². The zero-order valence-electron chi connectivity index (χ0n) is 51.5. The van der Waals surface area contributed by atoms with Crippen LogP contribution in [0.1, 0.15) is 109 Å². The van der Waals surface area contributed by atoms with Crippen molar-refractivity contribution in [3.63, 3.8) is 0 Å². The average molecular weight is 1340 g/mol. The molecule has 3 rings (SSSR count). The van der Waals surface area contributed by atoms with E-state index in [4.69, 9.17) is 28.0 Å². The second-order valence-electron chi connectivity index (χ2n) is 22.1. The quantitative estimate of drug-likeness (QED) is 0.0164. The van der Waals surface area contributed by atoms with E-state index in [2.05, 4.69) is 62.8 Å². The first-order chi connectivity index (χ1) is 44.2. The predicted octanol–water partition coefficient (Wildman–Crippen LogP) is -9.35. The van der Waals surface area contributed by atoms with Gasteiger partial charge >= 0.3 is 23.9 Å². The largest absolute Gasteiger partial charge is 0.481 e. The Morgan fingerprint density at radius 1 is 0.596 bits per heavy atom. The number of carboxylic acids is 4. The fourth-order valence-corrected chi connectivity index (χ4v) is 9.72. The number of amides is 12. The summed E-state index contributed by atoms with van der Waals surface area (Å²) in [5.41, 5.74) is 22.2. The summed E-state index contributed by atoms with van der Waals surface area (Å²) in [6.45, 7) is 0.233. The minimum absolute atomic E-state index is 0.00517. The molecule has 0 radical (unpaired) electrons. The molecule has 40 heteroatoms. The van der Waals surface area contributed by atoms with Crippen LogP contribution in [0.2, 0.25) is 0 Å². The lowest BCUT2D eigenvalue weighted by atomic mass is 10.0. The Hall–Kier alpha value is -10.1. The van der Waals surface area contributed by atoms with Crippen molar-refractivity contribution in [1.29, 1.82) is 0 Å². The maximum absolute atomic E-state index is 14.4. The van der Waals surface area contributed by atoms with Crippen LogP contribution in [0.3, 0.4) is 0 Å². The summed E-state index contributed by atoms with van der Waals surface area (Å²) < 4.78 is 0. The number of likely N-dealkylation sites (tertiary alicyclic amines) is 2. The highest BCUT2D eigenvalue weighted by Gasteiger charge is 2.42. The predicted molar refractivity (Wildman–Crippen MR) is 319 cm³/mol. The molecule has 40 nitrogen and oxygen atoms in total. The van der Waals surface area contributed by atoms with E-state index in [-0.39, 0.29) is 76.2 Å². The average Bonchev–Trinajstić information content (AvgIpc) is 1.61. The van der Waals surface area contributed by atoms with Gasteiger partial charge in [-0.15, -0.1) is 0 Å². The first kappa shape index (κ1) is 78.1. The first-order valence-corrected chi connectivity index (χ1v) is 29.8. The second kappa shape index (κ2) is 38.7. The highest BCUT2D eigenvalue weighted by atomic mass is 16.4. The molecule has 0 aliphatic carbocycles. The first-order valence-electron chi connectivity index (χ1n) is 29.8.